The molecule has 0 atom stereocenters. The van der Waals surface area contributed by atoms with Gasteiger partial charge in [0, 0.05) is 5.56 Å². The van der Waals surface area contributed by atoms with Gasteiger partial charge in [0.05, 0.1) is 19.6 Å². The Balaban J connectivity index is 2.48. The third-order valence-electron chi connectivity index (χ3n) is 3.91. The number of carbonyl (C=O) groups is 1. The van der Waals surface area contributed by atoms with E-state index in [1.807, 2.05) is 18.2 Å². The standard InChI is InChI=1S/C15H20O3/c1-17-12-6-7-14(18-2)13(10-12)15(11-16)8-4-3-5-9-15/h6-7,10-11H,3-5,8-9H2,1-2H3. The molecular weight excluding hydrogens is 228 g/mol. The van der Waals surface area contributed by atoms with Gasteiger partial charge in [0.2, 0.25) is 0 Å². The zero-order valence-corrected chi connectivity index (χ0v) is 11.1. The fourth-order valence-electron chi connectivity index (χ4n) is 2.84. The van der Waals surface area contributed by atoms with E-state index < -0.39 is 5.41 Å². The van der Waals surface area contributed by atoms with Gasteiger partial charge in [0.15, 0.2) is 0 Å². The first-order valence-corrected chi connectivity index (χ1v) is 6.44. The average molecular weight is 248 g/mol. The summed E-state index contributed by atoms with van der Waals surface area (Å²) < 4.78 is 10.7. The number of ether oxygens (including phenoxy) is 2. The molecule has 0 spiro atoms. The van der Waals surface area contributed by atoms with Crippen LogP contribution in [-0.4, -0.2) is 20.5 Å². The molecule has 0 N–H and O–H groups in total. The van der Waals surface area contributed by atoms with Gasteiger partial charge in [-0.2, -0.15) is 0 Å². The zero-order chi connectivity index (χ0) is 13.0. The molecule has 0 bridgehead atoms. The van der Waals surface area contributed by atoms with Gasteiger partial charge in [0.1, 0.15) is 17.8 Å². The third-order valence-corrected chi connectivity index (χ3v) is 3.91. The van der Waals surface area contributed by atoms with Crippen LogP contribution in [0.15, 0.2) is 18.2 Å². The van der Waals surface area contributed by atoms with Crippen LogP contribution in [0.5, 0.6) is 11.5 Å². The Morgan fingerprint density at radius 2 is 1.83 bits per heavy atom. The van der Waals surface area contributed by atoms with Crippen LogP contribution in [0, 0.1) is 0 Å². The zero-order valence-electron chi connectivity index (χ0n) is 11.1. The maximum atomic E-state index is 11.7. The van der Waals surface area contributed by atoms with Gasteiger partial charge < -0.3 is 14.3 Å². The lowest BCUT2D eigenvalue weighted by Crippen LogP contribution is -2.31. The highest BCUT2D eigenvalue weighted by atomic mass is 16.5. The van der Waals surface area contributed by atoms with Gasteiger partial charge in [-0.05, 0) is 31.0 Å². The van der Waals surface area contributed by atoms with Gasteiger partial charge >= 0.3 is 0 Å². The summed E-state index contributed by atoms with van der Waals surface area (Å²) >= 11 is 0. The van der Waals surface area contributed by atoms with Crippen molar-refractivity contribution in [1.29, 1.82) is 0 Å². The number of aldehydes is 1. The highest BCUT2D eigenvalue weighted by Crippen LogP contribution is 2.43. The van der Waals surface area contributed by atoms with Crippen LogP contribution in [0.3, 0.4) is 0 Å². The summed E-state index contributed by atoms with van der Waals surface area (Å²) in [5, 5.41) is 0. The first-order valence-electron chi connectivity index (χ1n) is 6.44. The molecule has 2 rings (SSSR count). The second-order valence-electron chi connectivity index (χ2n) is 4.90. The number of hydrogen-bond donors (Lipinski definition) is 0. The topological polar surface area (TPSA) is 35.5 Å². The minimum Gasteiger partial charge on any atom is -0.497 e. The molecule has 0 aliphatic heterocycles. The van der Waals surface area contributed by atoms with E-state index >= 15 is 0 Å². The Hall–Kier alpha value is -1.51. The molecule has 0 aromatic heterocycles. The average Bonchev–Trinajstić information content (AvgIpc) is 2.47. The molecule has 0 radical (unpaired) electrons. The molecular formula is C15H20O3. The van der Waals surface area contributed by atoms with Crippen LogP contribution in [0.4, 0.5) is 0 Å². The summed E-state index contributed by atoms with van der Waals surface area (Å²) in [6.07, 6.45) is 6.31. The van der Waals surface area contributed by atoms with E-state index in [1.165, 1.54) is 6.42 Å². The van der Waals surface area contributed by atoms with Gasteiger partial charge in [-0.15, -0.1) is 0 Å². The number of hydrogen-bond acceptors (Lipinski definition) is 3. The molecule has 98 valence electrons. The van der Waals surface area contributed by atoms with Crippen molar-refractivity contribution in [2.45, 2.75) is 37.5 Å². The lowest BCUT2D eigenvalue weighted by Gasteiger charge is -2.33. The number of benzene rings is 1. The van der Waals surface area contributed by atoms with Crippen molar-refractivity contribution in [1.82, 2.24) is 0 Å². The number of methoxy groups -OCH3 is 2. The van der Waals surface area contributed by atoms with Crippen LogP contribution in [0.25, 0.3) is 0 Å². The molecule has 0 saturated heterocycles. The monoisotopic (exact) mass is 248 g/mol. The van der Waals surface area contributed by atoms with Crippen molar-refractivity contribution in [3.63, 3.8) is 0 Å². The van der Waals surface area contributed by atoms with Crippen molar-refractivity contribution in [3.8, 4) is 11.5 Å². The lowest BCUT2D eigenvalue weighted by atomic mass is 9.70. The molecule has 1 saturated carbocycles. The summed E-state index contributed by atoms with van der Waals surface area (Å²) in [6, 6.07) is 5.69. The Bertz CT molecular complexity index is 420. The van der Waals surface area contributed by atoms with Crippen molar-refractivity contribution in [2.75, 3.05) is 14.2 Å². The minimum atomic E-state index is -0.391. The lowest BCUT2D eigenvalue weighted by molar-refractivity contribution is -0.113. The molecule has 0 unspecified atom stereocenters. The second-order valence-corrected chi connectivity index (χ2v) is 4.90. The Kier molecular flexibility index (Phi) is 3.90. The summed E-state index contributed by atoms with van der Waals surface area (Å²) in [5.41, 5.74) is 0.581. The molecule has 1 fully saturated rings. The van der Waals surface area contributed by atoms with Crippen molar-refractivity contribution >= 4 is 6.29 Å². The molecule has 1 aromatic rings. The fourth-order valence-corrected chi connectivity index (χ4v) is 2.84. The smallest absolute Gasteiger partial charge is 0.130 e. The van der Waals surface area contributed by atoms with E-state index in [0.29, 0.717) is 0 Å². The Morgan fingerprint density at radius 3 is 2.39 bits per heavy atom. The van der Waals surface area contributed by atoms with Crippen LogP contribution in [-0.2, 0) is 10.2 Å². The van der Waals surface area contributed by atoms with Crippen molar-refractivity contribution in [3.05, 3.63) is 23.8 Å². The summed E-state index contributed by atoms with van der Waals surface area (Å²) in [6.45, 7) is 0. The Labute approximate surface area is 108 Å². The van der Waals surface area contributed by atoms with Crippen molar-refractivity contribution < 1.29 is 14.3 Å². The minimum absolute atomic E-state index is 0.391. The number of rotatable bonds is 4. The SMILES string of the molecule is COc1ccc(OC)c(C2(C=O)CCCCC2)c1. The fraction of sp³-hybridized carbons (Fsp3) is 0.533. The van der Waals surface area contributed by atoms with E-state index in [1.54, 1.807) is 14.2 Å². The van der Waals surface area contributed by atoms with Crippen LogP contribution in [0.2, 0.25) is 0 Å². The highest BCUT2D eigenvalue weighted by molar-refractivity contribution is 5.71. The van der Waals surface area contributed by atoms with Gasteiger partial charge in [-0.3, -0.25) is 0 Å². The third kappa shape index (κ3) is 2.22. The van der Waals surface area contributed by atoms with Crippen LogP contribution < -0.4 is 9.47 Å². The highest BCUT2D eigenvalue weighted by Gasteiger charge is 2.36. The maximum absolute atomic E-state index is 11.7. The van der Waals surface area contributed by atoms with E-state index in [-0.39, 0.29) is 0 Å². The summed E-state index contributed by atoms with van der Waals surface area (Å²) in [5.74, 6) is 1.56. The summed E-state index contributed by atoms with van der Waals surface area (Å²) in [7, 11) is 3.28. The first-order chi connectivity index (χ1) is 8.75. The van der Waals surface area contributed by atoms with Crippen LogP contribution in [0.1, 0.15) is 37.7 Å². The van der Waals surface area contributed by atoms with E-state index in [0.717, 1.165) is 49.0 Å². The molecule has 18 heavy (non-hydrogen) atoms. The Morgan fingerprint density at radius 1 is 1.11 bits per heavy atom. The van der Waals surface area contributed by atoms with E-state index in [2.05, 4.69) is 0 Å². The predicted octanol–water partition coefficient (Wildman–Crippen LogP) is 3.10. The molecule has 1 aromatic carbocycles. The van der Waals surface area contributed by atoms with Gasteiger partial charge in [-0.25, -0.2) is 0 Å². The first kappa shape index (κ1) is 12.9. The summed E-state index contributed by atoms with van der Waals surface area (Å²) in [4.78, 5) is 11.7. The van der Waals surface area contributed by atoms with Gasteiger partial charge in [0.25, 0.3) is 0 Å². The quantitative estimate of drug-likeness (QED) is 0.768. The van der Waals surface area contributed by atoms with Gasteiger partial charge in [-0.1, -0.05) is 19.3 Å². The molecule has 1 aliphatic carbocycles. The predicted molar refractivity (Wildman–Crippen MR) is 70.4 cm³/mol. The number of carbonyl (C=O) groups excluding carboxylic acids is 1. The normalized spacial score (nSPS) is 18.1. The van der Waals surface area contributed by atoms with Crippen molar-refractivity contribution in [2.24, 2.45) is 0 Å². The molecule has 0 amide bonds. The largest absolute Gasteiger partial charge is 0.497 e. The van der Waals surface area contributed by atoms with E-state index in [9.17, 15) is 4.79 Å². The molecule has 3 nitrogen and oxygen atoms in total. The van der Waals surface area contributed by atoms with E-state index in [4.69, 9.17) is 9.47 Å². The molecule has 3 heteroatoms. The molecule has 1 aliphatic rings. The molecule has 0 heterocycles. The van der Waals surface area contributed by atoms with Crippen LogP contribution >= 0.6 is 0 Å². The maximum Gasteiger partial charge on any atom is 0.130 e. The second kappa shape index (κ2) is 5.42.